The highest BCUT2D eigenvalue weighted by Crippen LogP contribution is 2.10. The van der Waals surface area contributed by atoms with Crippen molar-refractivity contribution in [2.24, 2.45) is 0 Å². The van der Waals surface area contributed by atoms with E-state index in [1.807, 2.05) is 0 Å². The van der Waals surface area contributed by atoms with E-state index in [4.69, 9.17) is 11.6 Å². The number of benzene rings is 1. The van der Waals surface area contributed by atoms with Gasteiger partial charge in [-0.15, -0.1) is 11.6 Å². The van der Waals surface area contributed by atoms with E-state index in [9.17, 15) is 9.59 Å². The van der Waals surface area contributed by atoms with Gasteiger partial charge in [-0.05, 0) is 24.3 Å². The third-order valence-electron chi connectivity index (χ3n) is 2.16. The van der Waals surface area contributed by atoms with Gasteiger partial charge in [0.15, 0.2) is 0 Å². The summed E-state index contributed by atoms with van der Waals surface area (Å²) >= 11 is 8.72. The summed E-state index contributed by atoms with van der Waals surface area (Å²) in [5.41, 5.74) is 0.588. The van der Waals surface area contributed by atoms with E-state index in [0.717, 1.165) is 4.47 Å². The van der Waals surface area contributed by atoms with Crippen molar-refractivity contribution >= 4 is 39.3 Å². The average molecular weight is 334 g/mol. The molecule has 0 radical (unpaired) electrons. The molecule has 0 fully saturated rings. The predicted octanol–water partition coefficient (Wildman–Crippen LogP) is 1.92. The van der Waals surface area contributed by atoms with E-state index in [-0.39, 0.29) is 11.8 Å². The molecule has 0 aliphatic rings. The van der Waals surface area contributed by atoms with Crippen LogP contribution < -0.4 is 10.6 Å². The first-order chi connectivity index (χ1) is 8.63. The maximum atomic E-state index is 11.7. The van der Waals surface area contributed by atoms with Crippen molar-refractivity contribution in [3.8, 4) is 0 Å². The van der Waals surface area contributed by atoms with Gasteiger partial charge in [-0.1, -0.05) is 15.9 Å². The lowest BCUT2D eigenvalue weighted by atomic mass is 10.2. The highest BCUT2D eigenvalue weighted by Gasteiger charge is 2.04. The van der Waals surface area contributed by atoms with Gasteiger partial charge in [0.1, 0.15) is 0 Å². The van der Waals surface area contributed by atoms with Crippen molar-refractivity contribution in [1.82, 2.24) is 10.6 Å². The van der Waals surface area contributed by atoms with Crippen molar-refractivity contribution in [2.45, 2.75) is 6.42 Å². The van der Waals surface area contributed by atoms with Gasteiger partial charge in [-0.25, -0.2) is 0 Å². The molecule has 0 unspecified atom stereocenters. The van der Waals surface area contributed by atoms with E-state index in [2.05, 4.69) is 26.6 Å². The molecule has 0 aliphatic heterocycles. The molecule has 0 bridgehead atoms. The van der Waals surface area contributed by atoms with Crippen molar-refractivity contribution in [3.05, 3.63) is 34.3 Å². The van der Waals surface area contributed by atoms with Gasteiger partial charge in [0.05, 0.1) is 0 Å². The summed E-state index contributed by atoms with van der Waals surface area (Å²) in [4.78, 5) is 22.7. The van der Waals surface area contributed by atoms with Gasteiger partial charge in [-0.2, -0.15) is 0 Å². The number of alkyl halides is 1. The summed E-state index contributed by atoms with van der Waals surface area (Å²) in [6.45, 7) is 0.793. The third kappa shape index (κ3) is 5.51. The van der Waals surface area contributed by atoms with Crippen LogP contribution in [0.2, 0.25) is 0 Å². The third-order valence-corrected chi connectivity index (χ3v) is 2.88. The molecular formula is C12H14BrClN2O2. The molecule has 0 spiro atoms. The Morgan fingerprint density at radius 3 is 2.33 bits per heavy atom. The number of halogens is 2. The van der Waals surface area contributed by atoms with Crippen LogP contribution in [0, 0.1) is 0 Å². The molecule has 2 N–H and O–H groups in total. The molecule has 0 aliphatic carbocycles. The SMILES string of the molecule is O=C(CCCl)NCCNC(=O)c1ccc(Br)cc1. The Morgan fingerprint density at radius 2 is 1.72 bits per heavy atom. The Balaban J connectivity index is 2.25. The minimum Gasteiger partial charge on any atom is -0.354 e. The van der Waals surface area contributed by atoms with Gasteiger partial charge in [-0.3, -0.25) is 9.59 Å². The lowest BCUT2D eigenvalue weighted by molar-refractivity contribution is -0.120. The van der Waals surface area contributed by atoms with Gasteiger partial charge in [0.2, 0.25) is 5.91 Å². The standard InChI is InChI=1S/C12H14BrClN2O2/c13-10-3-1-9(2-4-10)12(18)16-8-7-15-11(17)5-6-14/h1-4H,5-8H2,(H,15,17)(H,16,18). The highest BCUT2D eigenvalue weighted by atomic mass is 79.9. The molecule has 1 rings (SSSR count). The Morgan fingerprint density at radius 1 is 1.11 bits per heavy atom. The molecule has 1 aromatic carbocycles. The van der Waals surface area contributed by atoms with Crippen LogP contribution in [0.4, 0.5) is 0 Å². The number of carbonyl (C=O) groups is 2. The van der Waals surface area contributed by atoms with Crippen LogP contribution in [0.5, 0.6) is 0 Å². The van der Waals surface area contributed by atoms with Crippen LogP contribution in [0.3, 0.4) is 0 Å². The summed E-state index contributed by atoms with van der Waals surface area (Å²) in [5.74, 6) is 0.0360. The summed E-state index contributed by atoms with van der Waals surface area (Å²) in [6, 6.07) is 7.06. The average Bonchev–Trinajstić information content (AvgIpc) is 2.35. The lowest BCUT2D eigenvalue weighted by Crippen LogP contribution is -2.34. The van der Waals surface area contributed by atoms with Gasteiger partial charge >= 0.3 is 0 Å². The second-order valence-corrected chi connectivity index (χ2v) is 4.85. The van der Waals surface area contributed by atoms with Gasteiger partial charge < -0.3 is 10.6 Å². The first kappa shape index (κ1) is 15.0. The Kier molecular flexibility index (Phi) is 6.75. The van der Waals surface area contributed by atoms with Gasteiger partial charge in [0.25, 0.3) is 5.91 Å². The Labute approximate surface area is 119 Å². The monoisotopic (exact) mass is 332 g/mol. The van der Waals surface area contributed by atoms with E-state index in [1.54, 1.807) is 24.3 Å². The molecule has 2 amide bonds. The van der Waals surface area contributed by atoms with Crippen LogP contribution in [-0.2, 0) is 4.79 Å². The number of amides is 2. The summed E-state index contributed by atoms with van der Waals surface area (Å²) in [5, 5.41) is 5.37. The van der Waals surface area contributed by atoms with Gasteiger partial charge in [0, 0.05) is 35.4 Å². The quantitative estimate of drug-likeness (QED) is 0.617. The molecule has 98 valence electrons. The van der Waals surface area contributed by atoms with Crippen molar-refractivity contribution in [1.29, 1.82) is 0 Å². The summed E-state index contributed by atoms with van der Waals surface area (Å²) in [7, 11) is 0. The number of hydrogen-bond acceptors (Lipinski definition) is 2. The normalized spacial score (nSPS) is 9.89. The number of carbonyl (C=O) groups excluding carboxylic acids is 2. The second-order valence-electron chi connectivity index (χ2n) is 3.55. The van der Waals surface area contributed by atoms with E-state index in [1.165, 1.54) is 0 Å². The first-order valence-corrected chi connectivity index (χ1v) is 6.82. The minimum absolute atomic E-state index is 0.108. The first-order valence-electron chi connectivity index (χ1n) is 5.50. The molecular weight excluding hydrogens is 320 g/mol. The molecule has 18 heavy (non-hydrogen) atoms. The molecule has 0 saturated carbocycles. The summed E-state index contributed by atoms with van der Waals surface area (Å²) in [6.07, 6.45) is 0.294. The van der Waals surface area contributed by atoms with Crippen LogP contribution in [0.25, 0.3) is 0 Å². The van der Waals surface area contributed by atoms with E-state index in [0.29, 0.717) is 31.0 Å². The maximum Gasteiger partial charge on any atom is 0.251 e. The smallest absolute Gasteiger partial charge is 0.251 e. The zero-order chi connectivity index (χ0) is 13.4. The van der Waals surface area contributed by atoms with Crippen LogP contribution in [0.1, 0.15) is 16.8 Å². The Hall–Kier alpha value is -1.07. The maximum absolute atomic E-state index is 11.7. The summed E-state index contributed by atoms with van der Waals surface area (Å²) < 4.78 is 0.924. The largest absolute Gasteiger partial charge is 0.354 e. The molecule has 1 aromatic rings. The fourth-order valence-electron chi connectivity index (χ4n) is 1.26. The number of rotatable bonds is 6. The molecule has 0 saturated heterocycles. The van der Waals surface area contributed by atoms with Crippen molar-refractivity contribution in [2.75, 3.05) is 19.0 Å². The molecule has 4 nitrogen and oxygen atoms in total. The molecule has 6 heteroatoms. The minimum atomic E-state index is -0.158. The van der Waals surface area contributed by atoms with Crippen molar-refractivity contribution < 1.29 is 9.59 Å². The van der Waals surface area contributed by atoms with Crippen LogP contribution in [0.15, 0.2) is 28.7 Å². The van der Waals surface area contributed by atoms with Crippen molar-refractivity contribution in [3.63, 3.8) is 0 Å². The van der Waals surface area contributed by atoms with Crippen LogP contribution in [-0.4, -0.2) is 30.8 Å². The number of hydrogen-bond donors (Lipinski definition) is 2. The zero-order valence-electron chi connectivity index (χ0n) is 9.71. The highest BCUT2D eigenvalue weighted by molar-refractivity contribution is 9.10. The van der Waals surface area contributed by atoms with E-state index >= 15 is 0 Å². The molecule has 0 heterocycles. The van der Waals surface area contributed by atoms with Crippen LogP contribution >= 0.6 is 27.5 Å². The molecule has 0 aromatic heterocycles. The number of nitrogens with one attached hydrogen (secondary N) is 2. The van der Waals surface area contributed by atoms with E-state index < -0.39 is 0 Å². The predicted molar refractivity (Wildman–Crippen MR) is 74.8 cm³/mol. The second kappa shape index (κ2) is 8.11. The Bertz CT molecular complexity index is 409. The lowest BCUT2D eigenvalue weighted by Gasteiger charge is -2.06. The zero-order valence-corrected chi connectivity index (χ0v) is 12.1. The molecule has 0 atom stereocenters. The fourth-order valence-corrected chi connectivity index (χ4v) is 1.69. The fraction of sp³-hybridized carbons (Fsp3) is 0.333. The topological polar surface area (TPSA) is 58.2 Å².